The SMILES string of the molecule is Cc1nc(C2CC2)nc(N2CCN(c3ncnc4c3cnn4C)CC2)c1F. The quantitative estimate of drug-likeness (QED) is 0.698. The Balaban J connectivity index is 1.39. The summed E-state index contributed by atoms with van der Waals surface area (Å²) in [6.07, 6.45) is 5.58. The van der Waals surface area contributed by atoms with Crippen LogP contribution in [0.25, 0.3) is 11.0 Å². The lowest BCUT2D eigenvalue weighted by Gasteiger charge is -2.36. The van der Waals surface area contributed by atoms with E-state index in [0.29, 0.717) is 30.5 Å². The summed E-state index contributed by atoms with van der Waals surface area (Å²) in [5.74, 6) is 2.22. The zero-order chi connectivity index (χ0) is 18.5. The van der Waals surface area contributed by atoms with Crippen LogP contribution in [0.15, 0.2) is 12.5 Å². The van der Waals surface area contributed by atoms with Crippen molar-refractivity contribution in [1.82, 2.24) is 29.7 Å². The normalized spacial score (nSPS) is 17.7. The number of anilines is 2. The van der Waals surface area contributed by atoms with Gasteiger partial charge in [0.15, 0.2) is 17.3 Å². The highest BCUT2D eigenvalue weighted by molar-refractivity contribution is 5.86. The van der Waals surface area contributed by atoms with E-state index in [1.54, 1.807) is 24.1 Å². The Kier molecular flexibility index (Phi) is 3.70. The number of aryl methyl sites for hydroxylation is 2. The van der Waals surface area contributed by atoms with Gasteiger partial charge in [0.25, 0.3) is 0 Å². The van der Waals surface area contributed by atoms with Crippen molar-refractivity contribution in [2.24, 2.45) is 7.05 Å². The molecule has 27 heavy (non-hydrogen) atoms. The average Bonchev–Trinajstić information content (AvgIpc) is 3.47. The second-order valence-electron chi connectivity index (χ2n) is 7.26. The molecule has 2 aliphatic rings. The van der Waals surface area contributed by atoms with Gasteiger partial charge in [0.2, 0.25) is 0 Å². The monoisotopic (exact) mass is 368 g/mol. The molecule has 0 aromatic carbocycles. The molecule has 1 saturated heterocycles. The molecule has 0 unspecified atom stereocenters. The molecule has 0 radical (unpaired) electrons. The zero-order valence-electron chi connectivity index (χ0n) is 15.4. The lowest BCUT2D eigenvalue weighted by atomic mass is 10.2. The Morgan fingerprint density at radius 3 is 2.41 bits per heavy atom. The van der Waals surface area contributed by atoms with Gasteiger partial charge in [-0.15, -0.1) is 0 Å². The first-order valence-electron chi connectivity index (χ1n) is 9.28. The molecule has 8 nitrogen and oxygen atoms in total. The lowest BCUT2D eigenvalue weighted by Crippen LogP contribution is -2.47. The minimum atomic E-state index is -0.301. The first-order chi connectivity index (χ1) is 13.1. The van der Waals surface area contributed by atoms with Crippen LogP contribution in [-0.4, -0.2) is 55.9 Å². The maximum Gasteiger partial charge on any atom is 0.186 e. The predicted octanol–water partition coefficient (Wildman–Crippen LogP) is 1.80. The van der Waals surface area contributed by atoms with E-state index < -0.39 is 0 Å². The predicted molar refractivity (Wildman–Crippen MR) is 99.4 cm³/mol. The van der Waals surface area contributed by atoms with Crippen molar-refractivity contribution < 1.29 is 4.39 Å². The van der Waals surface area contributed by atoms with Gasteiger partial charge >= 0.3 is 0 Å². The van der Waals surface area contributed by atoms with E-state index in [2.05, 4.69) is 29.9 Å². The lowest BCUT2D eigenvalue weighted by molar-refractivity contribution is 0.569. The first-order valence-corrected chi connectivity index (χ1v) is 9.28. The minimum absolute atomic E-state index is 0.301. The highest BCUT2D eigenvalue weighted by atomic mass is 19.1. The van der Waals surface area contributed by atoms with Gasteiger partial charge in [-0.1, -0.05) is 0 Å². The second kappa shape index (κ2) is 6.11. The standard InChI is InChI=1S/C18H21FN8/c1-11-14(19)18(24-15(23-11)12-3-4-12)27-7-5-26(6-8-27)17-13-9-22-25(2)16(13)20-10-21-17/h9-10,12H,3-8H2,1-2H3. The van der Waals surface area contributed by atoms with E-state index in [9.17, 15) is 4.39 Å². The Morgan fingerprint density at radius 2 is 1.70 bits per heavy atom. The first kappa shape index (κ1) is 16.3. The van der Waals surface area contributed by atoms with Gasteiger partial charge in [-0.25, -0.2) is 24.3 Å². The summed E-state index contributed by atoms with van der Waals surface area (Å²) in [6, 6.07) is 0. The largest absolute Gasteiger partial charge is 0.352 e. The van der Waals surface area contributed by atoms with Crippen LogP contribution in [0.2, 0.25) is 0 Å². The van der Waals surface area contributed by atoms with E-state index >= 15 is 0 Å². The van der Waals surface area contributed by atoms with Crippen molar-refractivity contribution in [3.8, 4) is 0 Å². The van der Waals surface area contributed by atoms with Gasteiger partial charge in [0.1, 0.15) is 18.0 Å². The molecule has 5 rings (SSSR count). The minimum Gasteiger partial charge on any atom is -0.352 e. The fraction of sp³-hybridized carbons (Fsp3) is 0.500. The molecular weight excluding hydrogens is 347 g/mol. The molecule has 1 aliphatic carbocycles. The summed E-state index contributed by atoms with van der Waals surface area (Å²) in [5, 5.41) is 5.22. The van der Waals surface area contributed by atoms with E-state index in [-0.39, 0.29) is 5.82 Å². The Morgan fingerprint density at radius 1 is 1.00 bits per heavy atom. The molecule has 1 aliphatic heterocycles. The summed E-state index contributed by atoms with van der Waals surface area (Å²) in [6.45, 7) is 4.57. The van der Waals surface area contributed by atoms with Crippen molar-refractivity contribution in [3.63, 3.8) is 0 Å². The zero-order valence-corrected chi connectivity index (χ0v) is 15.4. The molecule has 3 aromatic rings. The molecule has 0 atom stereocenters. The molecule has 0 bridgehead atoms. The van der Waals surface area contributed by atoms with E-state index in [1.165, 1.54) is 0 Å². The van der Waals surface area contributed by atoms with Crippen LogP contribution in [0.5, 0.6) is 0 Å². The number of rotatable bonds is 3. The molecule has 140 valence electrons. The highest BCUT2D eigenvalue weighted by Gasteiger charge is 2.30. The molecular formula is C18H21FN8. The van der Waals surface area contributed by atoms with Gasteiger partial charge < -0.3 is 9.80 Å². The van der Waals surface area contributed by atoms with Gasteiger partial charge in [-0.3, -0.25) is 4.68 Å². The number of halogens is 1. The summed E-state index contributed by atoms with van der Waals surface area (Å²) in [4.78, 5) is 21.9. The van der Waals surface area contributed by atoms with Gasteiger partial charge in [-0.2, -0.15) is 5.10 Å². The number of aromatic nitrogens is 6. The molecule has 1 saturated carbocycles. The number of piperazine rings is 1. The van der Waals surface area contributed by atoms with E-state index in [0.717, 1.165) is 48.6 Å². The fourth-order valence-corrected chi connectivity index (χ4v) is 3.63. The smallest absolute Gasteiger partial charge is 0.186 e. The molecule has 0 N–H and O–H groups in total. The summed E-state index contributed by atoms with van der Waals surface area (Å²) in [5.41, 5.74) is 1.26. The van der Waals surface area contributed by atoms with Crippen molar-refractivity contribution in [1.29, 1.82) is 0 Å². The number of hydrogen-bond donors (Lipinski definition) is 0. The summed E-state index contributed by atoms with van der Waals surface area (Å²) < 4.78 is 16.4. The molecule has 2 fully saturated rings. The Hall–Kier alpha value is -2.84. The third-order valence-electron chi connectivity index (χ3n) is 5.35. The summed E-state index contributed by atoms with van der Waals surface area (Å²) in [7, 11) is 1.87. The van der Waals surface area contributed by atoms with Crippen molar-refractivity contribution >= 4 is 22.7 Å². The average molecular weight is 368 g/mol. The van der Waals surface area contributed by atoms with Crippen LogP contribution >= 0.6 is 0 Å². The van der Waals surface area contributed by atoms with Crippen molar-refractivity contribution in [2.45, 2.75) is 25.7 Å². The van der Waals surface area contributed by atoms with Crippen LogP contribution in [0.4, 0.5) is 16.0 Å². The summed E-state index contributed by atoms with van der Waals surface area (Å²) >= 11 is 0. The van der Waals surface area contributed by atoms with Crippen LogP contribution in [0, 0.1) is 12.7 Å². The molecule has 0 spiro atoms. The maximum absolute atomic E-state index is 14.7. The topological polar surface area (TPSA) is 75.9 Å². The van der Waals surface area contributed by atoms with Gasteiger partial charge in [-0.05, 0) is 19.8 Å². The third-order valence-corrected chi connectivity index (χ3v) is 5.35. The fourth-order valence-electron chi connectivity index (χ4n) is 3.63. The van der Waals surface area contributed by atoms with E-state index in [4.69, 9.17) is 0 Å². The van der Waals surface area contributed by atoms with Crippen LogP contribution in [0.1, 0.15) is 30.3 Å². The second-order valence-corrected chi connectivity index (χ2v) is 7.26. The van der Waals surface area contributed by atoms with Crippen molar-refractivity contribution in [2.75, 3.05) is 36.0 Å². The van der Waals surface area contributed by atoms with E-state index in [1.807, 2.05) is 11.9 Å². The van der Waals surface area contributed by atoms with Crippen LogP contribution in [0.3, 0.4) is 0 Å². The highest BCUT2D eigenvalue weighted by Crippen LogP contribution is 2.39. The van der Waals surface area contributed by atoms with Gasteiger partial charge in [0, 0.05) is 39.1 Å². The van der Waals surface area contributed by atoms with Crippen molar-refractivity contribution in [3.05, 3.63) is 29.9 Å². The Bertz CT molecular complexity index is 1000. The number of nitrogens with zero attached hydrogens (tertiary/aromatic N) is 8. The van der Waals surface area contributed by atoms with Crippen LogP contribution < -0.4 is 9.80 Å². The number of hydrogen-bond acceptors (Lipinski definition) is 7. The Labute approximate surface area is 156 Å². The number of fused-ring (bicyclic) bond motifs is 1. The van der Waals surface area contributed by atoms with Crippen LogP contribution in [-0.2, 0) is 7.05 Å². The molecule has 3 aromatic heterocycles. The third kappa shape index (κ3) is 2.77. The molecule has 0 amide bonds. The van der Waals surface area contributed by atoms with Gasteiger partial charge in [0.05, 0.1) is 17.3 Å². The molecule has 9 heteroatoms. The maximum atomic E-state index is 14.7. The molecule has 4 heterocycles.